The third-order valence-corrected chi connectivity index (χ3v) is 3.25. The van der Waals surface area contributed by atoms with Crippen molar-refractivity contribution in [1.82, 2.24) is 10.3 Å². The van der Waals surface area contributed by atoms with E-state index >= 15 is 0 Å². The van der Waals surface area contributed by atoms with Gasteiger partial charge in [-0.15, -0.1) is 11.6 Å². The number of benzene rings is 1. The number of carbonyl (C=O) groups is 1. The highest BCUT2D eigenvalue weighted by Gasteiger charge is 2.21. The quantitative estimate of drug-likeness (QED) is 0.870. The largest absolute Gasteiger partial charge is 0.347 e. The molecule has 1 N–H and O–H groups in total. The molecule has 0 saturated carbocycles. The van der Waals surface area contributed by atoms with Gasteiger partial charge < -0.3 is 5.32 Å². The number of nitrogens with one attached hydrogen (secondary N) is 1. The fourth-order valence-electron chi connectivity index (χ4n) is 1.97. The molecule has 0 unspecified atom stereocenters. The summed E-state index contributed by atoms with van der Waals surface area (Å²) in [5.41, 5.74) is 1.15. The van der Waals surface area contributed by atoms with Crippen molar-refractivity contribution in [2.45, 2.75) is 25.8 Å². The van der Waals surface area contributed by atoms with E-state index in [4.69, 9.17) is 11.6 Å². The maximum Gasteiger partial charge on any atom is 0.252 e. The number of amides is 1. The Bertz CT molecular complexity index is 590. The molecule has 1 aromatic heterocycles. The maximum absolute atomic E-state index is 12.4. The van der Waals surface area contributed by atoms with Crippen LogP contribution in [0.15, 0.2) is 36.5 Å². The van der Waals surface area contributed by atoms with Gasteiger partial charge in [0, 0.05) is 23.0 Å². The van der Waals surface area contributed by atoms with Gasteiger partial charge >= 0.3 is 0 Å². The molecule has 0 bridgehead atoms. The zero-order chi connectivity index (χ0) is 13.9. The van der Waals surface area contributed by atoms with Crippen molar-refractivity contribution >= 4 is 28.4 Å². The van der Waals surface area contributed by atoms with Crippen LogP contribution in [0.4, 0.5) is 0 Å². The highest BCUT2D eigenvalue weighted by molar-refractivity contribution is 6.17. The van der Waals surface area contributed by atoms with Crippen LogP contribution in [0, 0.1) is 0 Å². The van der Waals surface area contributed by atoms with Crippen molar-refractivity contribution in [1.29, 1.82) is 0 Å². The van der Waals surface area contributed by atoms with E-state index in [1.807, 2.05) is 38.1 Å². The van der Waals surface area contributed by atoms with Crippen LogP contribution < -0.4 is 5.32 Å². The molecule has 4 heteroatoms. The minimum Gasteiger partial charge on any atom is -0.347 e. The van der Waals surface area contributed by atoms with E-state index in [1.54, 1.807) is 12.3 Å². The first-order valence-corrected chi connectivity index (χ1v) is 6.79. The molecule has 0 saturated heterocycles. The SMILES string of the molecule is CC(C)(CCCl)NC(=O)c1ccnc2ccccc12. The van der Waals surface area contributed by atoms with Gasteiger partial charge in [-0.1, -0.05) is 18.2 Å². The molecule has 0 radical (unpaired) electrons. The summed E-state index contributed by atoms with van der Waals surface area (Å²) in [6.07, 6.45) is 2.38. The molecule has 19 heavy (non-hydrogen) atoms. The van der Waals surface area contributed by atoms with Gasteiger partial charge in [0.15, 0.2) is 0 Å². The summed E-state index contributed by atoms with van der Waals surface area (Å²) in [4.78, 5) is 16.6. The van der Waals surface area contributed by atoms with Crippen LogP contribution in [0.25, 0.3) is 10.9 Å². The number of aromatic nitrogens is 1. The fourth-order valence-corrected chi connectivity index (χ4v) is 2.44. The zero-order valence-corrected chi connectivity index (χ0v) is 11.9. The molecule has 2 rings (SSSR count). The van der Waals surface area contributed by atoms with Crippen molar-refractivity contribution in [3.05, 3.63) is 42.1 Å². The first-order chi connectivity index (χ1) is 9.03. The van der Waals surface area contributed by atoms with Gasteiger partial charge in [-0.3, -0.25) is 9.78 Å². The van der Waals surface area contributed by atoms with Gasteiger partial charge in [0.25, 0.3) is 5.91 Å². The van der Waals surface area contributed by atoms with Crippen LogP contribution in [0.5, 0.6) is 0 Å². The van der Waals surface area contributed by atoms with Gasteiger partial charge in [0.1, 0.15) is 0 Å². The lowest BCUT2D eigenvalue weighted by Gasteiger charge is -2.25. The Morgan fingerprint density at radius 1 is 1.32 bits per heavy atom. The normalized spacial score (nSPS) is 11.5. The smallest absolute Gasteiger partial charge is 0.252 e. The minimum atomic E-state index is -0.316. The Morgan fingerprint density at radius 3 is 2.79 bits per heavy atom. The van der Waals surface area contributed by atoms with E-state index in [1.165, 1.54) is 0 Å². The summed E-state index contributed by atoms with van der Waals surface area (Å²) in [6.45, 7) is 3.94. The molecule has 0 aliphatic rings. The highest BCUT2D eigenvalue weighted by Crippen LogP contribution is 2.18. The lowest BCUT2D eigenvalue weighted by atomic mass is 10.0. The topological polar surface area (TPSA) is 42.0 Å². The Balaban J connectivity index is 2.32. The molecule has 0 atom stereocenters. The Labute approximate surface area is 118 Å². The fraction of sp³-hybridized carbons (Fsp3) is 0.333. The third kappa shape index (κ3) is 3.24. The lowest BCUT2D eigenvalue weighted by Crippen LogP contribution is -2.43. The molecule has 0 aliphatic carbocycles. The second-order valence-corrected chi connectivity index (χ2v) is 5.53. The minimum absolute atomic E-state index is 0.0892. The van der Waals surface area contributed by atoms with Gasteiger partial charge in [-0.2, -0.15) is 0 Å². The first kappa shape index (κ1) is 13.8. The average Bonchev–Trinajstić information content (AvgIpc) is 2.37. The molecule has 1 amide bonds. The molecular formula is C15H17ClN2O. The van der Waals surface area contributed by atoms with E-state index in [2.05, 4.69) is 10.3 Å². The predicted octanol–water partition coefficient (Wildman–Crippen LogP) is 3.37. The highest BCUT2D eigenvalue weighted by atomic mass is 35.5. The summed E-state index contributed by atoms with van der Waals surface area (Å²) in [6, 6.07) is 9.37. The summed E-state index contributed by atoms with van der Waals surface area (Å²) in [5.74, 6) is 0.429. The van der Waals surface area contributed by atoms with Gasteiger partial charge in [-0.25, -0.2) is 0 Å². The summed E-state index contributed by atoms with van der Waals surface area (Å²) in [5, 5.41) is 3.88. The number of carbonyl (C=O) groups excluding carboxylic acids is 1. The molecular weight excluding hydrogens is 260 g/mol. The number of hydrogen-bond acceptors (Lipinski definition) is 2. The van der Waals surface area contributed by atoms with Crippen LogP contribution in [0.2, 0.25) is 0 Å². The summed E-state index contributed by atoms with van der Waals surface area (Å²) < 4.78 is 0. The van der Waals surface area contributed by atoms with Crippen LogP contribution in [-0.2, 0) is 0 Å². The number of hydrogen-bond donors (Lipinski definition) is 1. The summed E-state index contributed by atoms with van der Waals surface area (Å²) >= 11 is 5.75. The molecule has 3 nitrogen and oxygen atoms in total. The molecule has 1 heterocycles. The van der Waals surface area contributed by atoms with E-state index in [0.29, 0.717) is 11.4 Å². The van der Waals surface area contributed by atoms with Crippen molar-refractivity contribution in [2.75, 3.05) is 5.88 Å². The number of para-hydroxylation sites is 1. The molecule has 0 aliphatic heterocycles. The second kappa shape index (κ2) is 5.57. The summed E-state index contributed by atoms with van der Waals surface area (Å²) in [7, 11) is 0. The van der Waals surface area contributed by atoms with Crippen molar-refractivity contribution in [3.63, 3.8) is 0 Å². The number of alkyl halides is 1. The van der Waals surface area contributed by atoms with Gasteiger partial charge in [-0.05, 0) is 32.4 Å². The van der Waals surface area contributed by atoms with Crippen molar-refractivity contribution in [2.24, 2.45) is 0 Å². The number of rotatable bonds is 4. The molecule has 1 aromatic carbocycles. The average molecular weight is 277 g/mol. The number of nitrogens with zero attached hydrogens (tertiary/aromatic N) is 1. The molecule has 0 fully saturated rings. The molecule has 0 spiro atoms. The van der Waals surface area contributed by atoms with E-state index < -0.39 is 0 Å². The third-order valence-electron chi connectivity index (χ3n) is 3.07. The van der Waals surface area contributed by atoms with E-state index in [-0.39, 0.29) is 11.4 Å². The Kier molecular flexibility index (Phi) is 4.05. The van der Waals surface area contributed by atoms with Crippen LogP contribution in [0.1, 0.15) is 30.6 Å². The molecule has 100 valence electrons. The van der Waals surface area contributed by atoms with E-state index in [9.17, 15) is 4.79 Å². The standard InChI is InChI=1S/C15H17ClN2O/c1-15(2,8-9-16)18-14(19)12-7-10-17-13-6-4-3-5-11(12)13/h3-7,10H,8-9H2,1-2H3,(H,18,19). The first-order valence-electron chi connectivity index (χ1n) is 6.26. The van der Waals surface area contributed by atoms with Crippen molar-refractivity contribution in [3.8, 4) is 0 Å². The predicted molar refractivity (Wildman–Crippen MR) is 78.6 cm³/mol. The maximum atomic E-state index is 12.4. The zero-order valence-electron chi connectivity index (χ0n) is 11.1. The van der Waals surface area contributed by atoms with Crippen molar-refractivity contribution < 1.29 is 4.79 Å². The van der Waals surface area contributed by atoms with Gasteiger partial charge in [0.2, 0.25) is 0 Å². The van der Waals surface area contributed by atoms with Gasteiger partial charge in [0.05, 0.1) is 11.1 Å². The lowest BCUT2D eigenvalue weighted by molar-refractivity contribution is 0.0913. The monoisotopic (exact) mass is 276 g/mol. The number of halogens is 1. The van der Waals surface area contributed by atoms with Crippen LogP contribution in [-0.4, -0.2) is 22.3 Å². The molecule has 2 aromatic rings. The number of pyridine rings is 1. The van der Waals surface area contributed by atoms with Crippen LogP contribution >= 0.6 is 11.6 Å². The van der Waals surface area contributed by atoms with E-state index in [0.717, 1.165) is 17.3 Å². The number of fused-ring (bicyclic) bond motifs is 1. The Morgan fingerprint density at radius 2 is 2.05 bits per heavy atom. The Hall–Kier alpha value is -1.61. The van der Waals surface area contributed by atoms with Crippen LogP contribution in [0.3, 0.4) is 0 Å². The second-order valence-electron chi connectivity index (χ2n) is 5.15.